The Morgan fingerprint density at radius 2 is 1.92 bits per heavy atom. The third-order valence-electron chi connectivity index (χ3n) is 3.17. The molecular weight excluding hydrogens is 162 g/mol. The Bertz CT molecular complexity index is 273. The maximum Gasteiger partial charge on any atom is 0.0382 e. The van der Waals surface area contributed by atoms with Crippen LogP contribution in [0.15, 0.2) is 22.5 Å². The van der Waals surface area contributed by atoms with Crippen LogP contribution in [0.2, 0.25) is 0 Å². The molecule has 0 bridgehead atoms. The van der Waals surface area contributed by atoms with E-state index < -0.39 is 0 Å². The van der Waals surface area contributed by atoms with Crippen molar-refractivity contribution in [2.24, 2.45) is 0 Å². The van der Waals surface area contributed by atoms with Crippen LogP contribution in [0.3, 0.4) is 0 Å². The van der Waals surface area contributed by atoms with Gasteiger partial charge in [0.15, 0.2) is 0 Å². The number of hydrogen-bond acceptors (Lipinski definition) is 3. The number of nitrogens with one attached hydrogen (secondary N) is 3. The van der Waals surface area contributed by atoms with Gasteiger partial charge in [0.25, 0.3) is 0 Å². The predicted molar refractivity (Wildman–Crippen MR) is 51.7 cm³/mol. The molecule has 2 heterocycles. The smallest absolute Gasteiger partial charge is 0.0382 e. The van der Waals surface area contributed by atoms with E-state index in [2.05, 4.69) is 16.2 Å². The lowest BCUT2D eigenvalue weighted by atomic mass is 9.89. The lowest BCUT2D eigenvalue weighted by molar-refractivity contribution is 0.614. The molecule has 2 aliphatic heterocycles. The summed E-state index contributed by atoms with van der Waals surface area (Å²) in [5.74, 6) is 0. The van der Waals surface area contributed by atoms with E-state index in [9.17, 15) is 0 Å². The molecule has 0 aromatic carbocycles. The highest BCUT2D eigenvalue weighted by Crippen LogP contribution is 2.32. The number of allylic oxidation sites excluding steroid dienone is 2. The topological polar surface area (TPSA) is 36.1 Å². The second kappa shape index (κ2) is 2.77. The Balaban J connectivity index is 1.87. The molecule has 0 aromatic heterocycles. The van der Waals surface area contributed by atoms with Crippen molar-refractivity contribution in [3.05, 3.63) is 22.5 Å². The van der Waals surface area contributed by atoms with Gasteiger partial charge in [-0.25, -0.2) is 5.43 Å². The van der Waals surface area contributed by atoms with E-state index >= 15 is 0 Å². The molecule has 3 nitrogen and oxygen atoms in total. The van der Waals surface area contributed by atoms with Crippen molar-refractivity contribution in [1.29, 1.82) is 0 Å². The lowest BCUT2D eigenvalue weighted by Gasteiger charge is -2.26. The van der Waals surface area contributed by atoms with Crippen molar-refractivity contribution < 1.29 is 0 Å². The van der Waals surface area contributed by atoms with Gasteiger partial charge in [0, 0.05) is 37.3 Å². The number of rotatable bonds is 0. The molecule has 1 aliphatic carbocycles. The van der Waals surface area contributed by atoms with E-state index in [0.717, 1.165) is 19.4 Å². The van der Waals surface area contributed by atoms with E-state index in [1.807, 2.05) is 0 Å². The summed E-state index contributed by atoms with van der Waals surface area (Å²) in [6, 6.07) is 0. The SMILES string of the molecule is C1CNC2=C(C1)CC1=C(CNN1)C2. The Morgan fingerprint density at radius 3 is 2.92 bits per heavy atom. The summed E-state index contributed by atoms with van der Waals surface area (Å²) in [7, 11) is 0. The van der Waals surface area contributed by atoms with Crippen LogP contribution in [0.1, 0.15) is 25.7 Å². The fourth-order valence-electron chi connectivity index (χ4n) is 2.42. The normalized spacial score (nSPS) is 26.5. The van der Waals surface area contributed by atoms with E-state index in [-0.39, 0.29) is 0 Å². The first-order valence-corrected chi connectivity index (χ1v) is 5.08. The standard InChI is InChI=1S/C10H15N3/c1-2-7-4-10-8(6-12-13-10)5-9(7)11-3-1/h11-13H,1-6H2. The third kappa shape index (κ3) is 1.15. The van der Waals surface area contributed by atoms with Gasteiger partial charge in [-0.15, -0.1) is 0 Å². The Morgan fingerprint density at radius 1 is 1.00 bits per heavy atom. The summed E-state index contributed by atoms with van der Waals surface area (Å²) in [5.41, 5.74) is 12.6. The quantitative estimate of drug-likeness (QED) is 0.512. The molecular formula is C10H15N3. The molecule has 0 saturated heterocycles. The summed E-state index contributed by atoms with van der Waals surface area (Å²) in [6.07, 6.45) is 4.88. The Labute approximate surface area is 78.2 Å². The van der Waals surface area contributed by atoms with Gasteiger partial charge in [-0.2, -0.15) is 0 Å². The molecule has 0 amide bonds. The molecule has 3 aliphatic rings. The lowest BCUT2D eigenvalue weighted by Crippen LogP contribution is -2.26. The van der Waals surface area contributed by atoms with Crippen LogP contribution >= 0.6 is 0 Å². The third-order valence-corrected chi connectivity index (χ3v) is 3.17. The van der Waals surface area contributed by atoms with Crippen LogP contribution in [-0.2, 0) is 0 Å². The molecule has 0 atom stereocenters. The largest absolute Gasteiger partial charge is 0.388 e. The summed E-state index contributed by atoms with van der Waals surface area (Å²) < 4.78 is 0. The van der Waals surface area contributed by atoms with E-state index in [1.54, 1.807) is 11.1 Å². The molecule has 70 valence electrons. The first kappa shape index (κ1) is 7.44. The zero-order chi connectivity index (χ0) is 8.67. The molecule has 0 aromatic rings. The molecule has 0 saturated carbocycles. The van der Waals surface area contributed by atoms with Crippen molar-refractivity contribution >= 4 is 0 Å². The second-order valence-electron chi connectivity index (χ2n) is 4.03. The fraction of sp³-hybridized carbons (Fsp3) is 0.600. The van der Waals surface area contributed by atoms with Crippen LogP contribution in [0.4, 0.5) is 0 Å². The highest BCUT2D eigenvalue weighted by atomic mass is 15.4. The Hall–Kier alpha value is -0.960. The van der Waals surface area contributed by atoms with Gasteiger partial charge in [-0.3, -0.25) is 0 Å². The summed E-state index contributed by atoms with van der Waals surface area (Å²) in [4.78, 5) is 0. The first-order chi connectivity index (χ1) is 6.43. The number of hydrogen-bond donors (Lipinski definition) is 3. The van der Waals surface area contributed by atoms with Crippen molar-refractivity contribution in [3.8, 4) is 0 Å². The molecule has 13 heavy (non-hydrogen) atoms. The van der Waals surface area contributed by atoms with Crippen LogP contribution in [0, 0.1) is 0 Å². The minimum absolute atomic E-state index is 1.02. The van der Waals surface area contributed by atoms with Crippen LogP contribution < -0.4 is 16.2 Å². The van der Waals surface area contributed by atoms with Gasteiger partial charge in [0.05, 0.1) is 0 Å². The monoisotopic (exact) mass is 177 g/mol. The first-order valence-electron chi connectivity index (χ1n) is 5.08. The highest BCUT2D eigenvalue weighted by Gasteiger charge is 2.24. The van der Waals surface area contributed by atoms with Gasteiger partial charge < -0.3 is 10.7 Å². The van der Waals surface area contributed by atoms with Gasteiger partial charge >= 0.3 is 0 Å². The summed E-state index contributed by atoms with van der Waals surface area (Å²) >= 11 is 0. The average molecular weight is 177 g/mol. The van der Waals surface area contributed by atoms with Gasteiger partial charge in [0.2, 0.25) is 0 Å². The van der Waals surface area contributed by atoms with Gasteiger partial charge in [0.1, 0.15) is 0 Å². The van der Waals surface area contributed by atoms with E-state index in [4.69, 9.17) is 0 Å². The minimum Gasteiger partial charge on any atom is -0.388 e. The predicted octanol–water partition coefficient (Wildman–Crippen LogP) is 0.780. The van der Waals surface area contributed by atoms with E-state index in [0.29, 0.717) is 0 Å². The molecule has 0 unspecified atom stereocenters. The summed E-state index contributed by atoms with van der Waals surface area (Å²) in [6.45, 7) is 2.19. The average Bonchev–Trinajstić information content (AvgIpc) is 2.61. The molecule has 3 heteroatoms. The molecule has 0 radical (unpaired) electrons. The molecule has 3 rings (SSSR count). The van der Waals surface area contributed by atoms with Gasteiger partial charge in [-0.1, -0.05) is 0 Å². The van der Waals surface area contributed by atoms with Crippen LogP contribution in [-0.4, -0.2) is 13.1 Å². The maximum atomic E-state index is 3.52. The van der Waals surface area contributed by atoms with Gasteiger partial charge in [-0.05, 0) is 24.0 Å². The zero-order valence-electron chi connectivity index (χ0n) is 7.74. The van der Waals surface area contributed by atoms with Crippen molar-refractivity contribution in [1.82, 2.24) is 16.2 Å². The van der Waals surface area contributed by atoms with E-state index in [1.165, 1.54) is 30.8 Å². The zero-order valence-corrected chi connectivity index (χ0v) is 7.74. The van der Waals surface area contributed by atoms with Crippen LogP contribution in [0.25, 0.3) is 0 Å². The van der Waals surface area contributed by atoms with Crippen molar-refractivity contribution in [2.75, 3.05) is 13.1 Å². The van der Waals surface area contributed by atoms with Crippen molar-refractivity contribution in [3.63, 3.8) is 0 Å². The summed E-state index contributed by atoms with van der Waals surface area (Å²) in [5, 5.41) is 3.52. The fourth-order valence-corrected chi connectivity index (χ4v) is 2.42. The minimum atomic E-state index is 1.02. The number of hydrazine groups is 1. The van der Waals surface area contributed by atoms with Crippen molar-refractivity contribution in [2.45, 2.75) is 25.7 Å². The highest BCUT2D eigenvalue weighted by molar-refractivity contribution is 5.36. The second-order valence-corrected chi connectivity index (χ2v) is 4.03. The molecule has 0 fully saturated rings. The Kier molecular flexibility index (Phi) is 1.59. The van der Waals surface area contributed by atoms with Crippen LogP contribution in [0.5, 0.6) is 0 Å². The molecule has 3 N–H and O–H groups in total. The maximum absolute atomic E-state index is 3.52. The molecule has 0 spiro atoms.